The number of halogens is 3. The van der Waals surface area contributed by atoms with Crippen molar-refractivity contribution in [2.24, 2.45) is 0 Å². The number of alkyl halides is 3. The molecule has 1 rings (SSSR count). The summed E-state index contributed by atoms with van der Waals surface area (Å²) in [6.45, 7) is 1.18. The number of ether oxygens (including phenoxy) is 1. The third kappa shape index (κ3) is 3.12. The average Bonchev–Trinajstić information content (AvgIpc) is 2.60. The Balaban J connectivity index is 3.35. The lowest BCUT2D eigenvalue weighted by Crippen LogP contribution is -2.12. The molecule has 0 aliphatic heterocycles. The van der Waals surface area contributed by atoms with Gasteiger partial charge in [0.05, 0.1) is 6.61 Å². The zero-order valence-electron chi connectivity index (χ0n) is 8.89. The van der Waals surface area contributed by atoms with E-state index in [1.807, 2.05) is 0 Å². The van der Waals surface area contributed by atoms with Gasteiger partial charge in [0, 0.05) is 6.07 Å². The second-order valence-corrected chi connectivity index (χ2v) is 4.62. The average molecular weight is 288 g/mol. The molecular weight excluding hydrogens is 280 g/mol. The predicted molar refractivity (Wildman–Crippen MR) is 51.3 cm³/mol. The minimum Gasteiger partial charge on any atom is -0.462 e. The van der Waals surface area contributed by atoms with Crippen LogP contribution in [0, 0.1) is 0 Å². The molecule has 18 heavy (non-hydrogen) atoms. The van der Waals surface area contributed by atoms with Gasteiger partial charge in [-0.1, -0.05) is 0 Å². The highest BCUT2D eigenvalue weighted by atomic mass is 31.2. The zero-order valence-corrected chi connectivity index (χ0v) is 9.79. The Morgan fingerprint density at radius 1 is 1.50 bits per heavy atom. The van der Waals surface area contributed by atoms with Crippen molar-refractivity contribution in [3.63, 3.8) is 0 Å². The quantitative estimate of drug-likeness (QED) is 0.642. The minimum atomic E-state index is -5.06. The van der Waals surface area contributed by atoms with E-state index >= 15 is 0 Å². The summed E-state index contributed by atoms with van der Waals surface area (Å²) < 4.78 is 56.6. The summed E-state index contributed by atoms with van der Waals surface area (Å²) >= 11 is 0. The molecule has 0 saturated heterocycles. The highest BCUT2D eigenvalue weighted by Gasteiger charge is 2.43. The van der Waals surface area contributed by atoms with Crippen LogP contribution in [0.15, 0.2) is 10.5 Å². The number of hydrogen-bond acceptors (Lipinski definition) is 4. The van der Waals surface area contributed by atoms with Crippen molar-refractivity contribution in [2.45, 2.75) is 13.1 Å². The van der Waals surface area contributed by atoms with Crippen LogP contribution < -0.4 is 5.50 Å². The predicted octanol–water partition coefficient (Wildman–Crippen LogP) is 1.28. The Hall–Kier alpha value is -1.31. The van der Waals surface area contributed by atoms with Crippen LogP contribution in [0.5, 0.6) is 0 Å². The van der Waals surface area contributed by atoms with Crippen molar-refractivity contribution in [3.05, 3.63) is 17.4 Å². The normalized spacial score (nSPS) is 12.6. The first kappa shape index (κ1) is 14.7. The second-order valence-electron chi connectivity index (χ2n) is 3.09. The van der Waals surface area contributed by atoms with Gasteiger partial charge in [-0.2, -0.15) is 13.2 Å². The summed E-state index contributed by atoms with van der Waals surface area (Å²) in [5, 5.41) is 0. The van der Waals surface area contributed by atoms with Gasteiger partial charge in [-0.05, 0) is 6.92 Å². The van der Waals surface area contributed by atoms with Crippen LogP contribution in [0.2, 0.25) is 0 Å². The molecule has 0 spiro atoms. The van der Waals surface area contributed by atoms with Crippen molar-refractivity contribution < 1.29 is 41.5 Å². The molecule has 0 fully saturated rings. The summed E-state index contributed by atoms with van der Waals surface area (Å²) in [5.74, 6) is -3.16. The van der Waals surface area contributed by atoms with Crippen LogP contribution in [0.4, 0.5) is 13.2 Å². The monoisotopic (exact) mass is 288 g/mol. The molecule has 0 atom stereocenters. The van der Waals surface area contributed by atoms with E-state index in [0.29, 0.717) is 6.07 Å². The number of carbonyl (C=O) groups excluding carboxylic acids is 1. The summed E-state index contributed by atoms with van der Waals surface area (Å²) in [5.41, 5.74) is -2.31. The third-order valence-electron chi connectivity index (χ3n) is 1.76. The van der Waals surface area contributed by atoms with E-state index < -0.39 is 36.6 Å². The summed E-state index contributed by atoms with van der Waals surface area (Å²) in [6.07, 6.45) is -5.06. The largest absolute Gasteiger partial charge is 0.462 e. The standard InChI is InChI=1S/C8H8F3O6P/c1-2-16-7(12)4-3-5(18(13,14)15)17-6(4)8(9,10)11/h3H,2H2,1H3,(H2,13,14,15). The lowest BCUT2D eigenvalue weighted by molar-refractivity contribution is -0.153. The van der Waals surface area contributed by atoms with Gasteiger partial charge in [-0.15, -0.1) is 0 Å². The van der Waals surface area contributed by atoms with E-state index in [1.165, 1.54) is 6.92 Å². The minimum absolute atomic E-state index is 0.188. The first-order chi connectivity index (χ1) is 8.07. The molecule has 2 N–H and O–H groups in total. The van der Waals surface area contributed by atoms with Gasteiger partial charge >= 0.3 is 19.7 Å². The van der Waals surface area contributed by atoms with Gasteiger partial charge in [0.2, 0.25) is 11.3 Å². The van der Waals surface area contributed by atoms with Crippen LogP contribution in [0.3, 0.4) is 0 Å². The molecule has 0 aromatic carbocycles. The molecule has 0 amide bonds. The lowest BCUT2D eigenvalue weighted by Gasteiger charge is -2.05. The molecule has 0 aliphatic carbocycles. The summed E-state index contributed by atoms with van der Waals surface area (Å²) in [7, 11) is -5.03. The van der Waals surface area contributed by atoms with Gasteiger partial charge in [-0.25, -0.2) is 4.79 Å². The lowest BCUT2D eigenvalue weighted by atomic mass is 10.2. The third-order valence-corrected chi connectivity index (χ3v) is 2.55. The van der Waals surface area contributed by atoms with Crippen LogP contribution in [-0.2, 0) is 15.5 Å². The van der Waals surface area contributed by atoms with E-state index in [2.05, 4.69) is 9.15 Å². The van der Waals surface area contributed by atoms with Gasteiger partial charge in [0.1, 0.15) is 5.56 Å². The molecule has 10 heteroatoms. The highest BCUT2D eigenvalue weighted by Crippen LogP contribution is 2.39. The Kier molecular flexibility index (Phi) is 3.89. The molecule has 1 heterocycles. The van der Waals surface area contributed by atoms with E-state index in [-0.39, 0.29) is 6.61 Å². The Morgan fingerprint density at radius 2 is 2.06 bits per heavy atom. The van der Waals surface area contributed by atoms with Crippen molar-refractivity contribution >= 4 is 19.1 Å². The Bertz CT molecular complexity index is 499. The fourth-order valence-corrected chi connectivity index (χ4v) is 1.60. The SMILES string of the molecule is CCOC(=O)c1cc(P(=O)(O)O)oc1C(F)(F)F. The fraction of sp³-hybridized carbons (Fsp3) is 0.375. The van der Waals surface area contributed by atoms with Crippen molar-refractivity contribution in [2.75, 3.05) is 6.61 Å². The number of rotatable bonds is 3. The van der Waals surface area contributed by atoms with Gasteiger partial charge in [0.25, 0.3) is 0 Å². The van der Waals surface area contributed by atoms with E-state index in [0.717, 1.165) is 0 Å². The molecule has 0 radical (unpaired) electrons. The molecule has 1 aromatic heterocycles. The van der Waals surface area contributed by atoms with Crippen LogP contribution >= 0.6 is 7.60 Å². The zero-order chi connectivity index (χ0) is 14.1. The first-order valence-electron chi connectivity index (χ1n) is 4.51. The maximum Gasteiger partial charge on any atom is 0.450 e. The van der Waals surface area contributed by atoms with Crippen LogP contribution in [0.1, 0.15) is 23.0 Å². The number of hydrogen-bond donors (Lipinski definition) is 2. The van der Waals surface area contributed by atoms with Crippen molar-refractivity contribution in [1.29, 1.82) is 0 Å². The molecule has 102 valence electrons. The Morgan fingerprint density at radius 3 is 2.44 bits per heavy atom. The molecule has 0 saturated carbocycles. The van der Waals surface area contributed by atoms with E-state index in [9.17, 15) is 22.5 Å². The topological polar surface area (TPSA) is 97.0 Å². The van der Waals surface area contributed by atoms with Gasteiger partial charge in [0.15, 0.2) is 0 Å². The van der Waals surface area contributed by atoms with Gasteiger partial charge in [-0.3, -0.25) is 4.57 Å². The van der Waals surface area contributed by atoms with Crippen molar-refractivity contribution in [1.82, 2.24) is 0 Å². The Labute approximate surface area is 98.5 Å². The van der Waals surface area contributed by atoms with E-state index in [1.54, 1.807) is 0 Å². The maximum absolute atomic E-state index is 12.5. The summed E-state index contributed by atoms with van der Waals surface area (Å²) in [6, 6.07) is 0.335. The molecule has 1 aromatic rings. The number of carbonyl (C=O) groups is 1. The molecule has 0 aliphatic rings. The first-order valence-corrected chi connectivity index (χ1v) is 6.13. The van der Waals surface area contributed by atoms with Crippen LogP contribution in [-0.4, -0.2) is 22.4 Å². The number of esters is 1. The molecule has 0 bridgehead atoms. The van der Waals surface area contributed by atoms with Gasteiger partial charge < -0.3 is 18.9 Å². The second kappa shape index (κ2) is 4.75. The molecule has 6 nitrogen and oxygen atoms in total. The van der Waals surface area contributed by atoms with Crippen LogP contribution in [0.25, 0.3) is 0 Å². The highest BCUT2D eigenvalue weighted by molar-refractivity contribution is 7.59. The molecule has 0 unspecified atom stereocenters. The van der Waals surface area contributed by atoms with Crippen molar-refractivity contribution in [3.8, 4) is 0 Å². The van der Waals surface area contributed by atoms with E-state index in [4.69, 9.17) is 9.79 Å². The number of furan rings is 1. The molecular formula is C8H8F3O6P. The smallest absolute Gasteiger partial charge is 0.450 e. The summed E-state index contributed by atoms with van der Waals surface area (Å²) in [4.78, 5) is 28.6. The maximum atomic E-state index is 12.5. The fourth-order valence-electron chi connectivity index (χ4n) is 1.09.